The van der Waals surface area contributed by atoms with Crippen LogP contribution in [0.5, 0.6) is 0 Å². The SMILES string of the molecule is CCOC(=O)C(N)=CC(F)=N[C@H](C)c1ccccc1. The largest absolute Gasteiger partial charge is 0.461 e. The van der Waals surface area contributed by atoms with Crippen LogP contribution in [0, 0.1) is 0 Å². The lowest BCUT2D eigenvalue weighted by Crippen LogP contribution is -2.15. The molecule has 0 radical (unpaired) electrons. The number of carbonyl (C=O) groups is 1. The Hall–Kier alpha value is -2.17. The number of ether oxygens (including phenoxy) is 1. The average Bonchev–Trinajstić information content (AvgIpc) is 2.39. The molecule has 0 fully saturated rings. The minimum Gasteiger partial charge on any atom is -0.461 e. The zero-order valence-electron chi connectivity index (χ0n) is 11.0. The minimum atomic E-state index is -0.804. The first-order chi connectivity index (χ1) is 9.04. The molecule has 0 aliphatic carbocycles. The van der Waals surface area contributed by atoms with Crippen molar-refractivity contribution in [3.05, 3.63) is 47.7 Å². The molecule has 0 aliphatic heterocycles. The highest BCUT2D eigenvalue weighted by molar-refractivity contribution is 5.97. The third-order valence-corrected chi connectivity index (χ3v) is 2.38. The molecule has 0 amide bonds. The monoisotopic (exact) mass is 264 g/mol. The van der Waals surface area contributed by atoms with Crippen molar-refractivity contribution in [2.24, 2.45) is 10.7 Å². The lowest BCUT2D eigenvalue weighted by Gasteiger charge is -2.06. The number of allylic oxidation sites excluding steroid dienone is 1. The fourth-order valence-electron chi connectivity index (χ4n) is 1.43. The van der Waals surface area contributed by atoms with Gasteiger partial charge in [0.1, 0.15) is 5.70 Å². The average molecular weight is 264 g/mol. The van der Waals surface area contributed by atoms with Gasteiger partial charge in [0.05, 0.1) is 12.6 Å². The molecular formula is C14H17FN2O2. The van der Waals surface area contributed by atoms with Gasteiger partial charge >= 0.3 is 5.97 Å². The molecule has 0 saturated heterocycles. The van der Waals surface area contributed by atoms with Gasteiger partial charge in [-0.05, 0) is 19.4 Å². The molecule has 0 saturated carbocycles. The fraction of sp³-hybridized carbons (Fsp3) is 0.286. The van der Waals surface area contributed by atoms with Crippen molar-refractivity contribution in [2.75, 3.05) is 6.61 Å². The number of nitrogens with two attached hydrogens (primary N) is 1. The van der Waals surface area contributed by atoms with E-state index in [1.807, 2.05) is 30.3 Å². The molecule has 1 aromatic carbocycles. The van der Waals surface area contributed by atoms with Crippen LogP contribution in [0.25, 0.3) is 0 Å². The van der Waals surface area contributed by atoms with Gasteiger partial charge in [-0.25, -0.2) is 9.79 Å². The molecule has 0 bridgehead atoms. The molecule has 4 nitrogen and oxygen atoms in total. The molecule has 0 aliphatic rings. The maximum Gasteiger partial charge on any atom is 0.354 e. The minimum absolute atomic E-state index is 0.187. The second-order valence-electron chi connectivity index (χ2n) is 3.86. The second kappa shape index (κ2) is 7.31. The van der Waals surface area contributed by atoms with E-state index < -0.39 is 11.9 Å². The highest BCUT2D eigenvalue weighted by Crippen LogP contribution is 2.16. The molecule has 102 valence electrons. The predicted molar refractivity (Wildman–Crippen MR) is 72.3 cm³/mol. The summed E-state index contributed by atoms with van der Waals surface area (Å²) >= 11 is 0. The van der Waals surface area contributed by atoms with Gasteiger partial charge in [-0.15, -0.1) is 0 Å². The topological polar surface area (TPSA) is 64.7 Å². The summed E-state index contributed by atoms with van der Waals surface area (Å²) in [6.07, 6.45) is 0.872. The van der Waals surface area contributed by atoms with Crippen molar-refractivity contribution >= 4 is 11.9 Å². The van der Waals surface area contributed by atoms with E-state index in [4.69, 9.17) is 5.73 Å². The molecule has 2 N–H and O–H groups in total. The Morgan fingerprint density at radius 2 is 2.11 bits per heavy atom. The van der Waals surface area contributed by atoms with Gasteiger partial charge in [0.25, 0.3) is 0 Å². The van der Waals surface area contributed by atoms with Gasteiger partial charge in [-0.2, -0.15) is 4.39 Å². The molecule has 1 rings (SSSR count). The number of hydrogen-bond acceptors (Lipinski definition) is 4. The number of rotatable bonds is 5. The van der Waals surface area contributed by atoms with E-state index in [1.54, 1.807) is 13.8 Å². The highest BCUT2D eigenvalue weighted by Gasteiger charge is 2.08. The maximum atomic E-state index is 13.6. The summed E-state index contributed by atoms with van der Waals surface area (Å²) in [7, 11) is 0. The number of halogens is 1. The van der Waals surface area contributed by atoms with Crippen molar-refractivity contribution in [1.29, 1.82) is 0 Å². The van der Waals surface area contributed by atoms with Gasteiger partial charge in [0.2, 0.25) is 5.97 Å². The summed E-state index contributed by atoms with van der Waals surface area (Å²) in [5.41, 5.74) is 5.96. The van der Waals surface area contributed by atoms with Crippen molar-refractivity contribution < 1.29 is 13.9 Å². The second-order valence-corrected chi connectivity index (χ2v) is 3.86. The van der Waals surface area contributed by atoms with E-state index in [0.29, 0.717) is 0 Å². The van der Waals surface area contributed by atoms with Crippen LogP contribution >= 0.6 is 0 Å². The van der Waals surface area contributed by atoms with Gasteiger partial charge in [-0.3, -0.25) is 0 Å². The van der Waals surface area contributed by atoms with Crippen LogP contribution in [-0.2, 0) is 9.53 Å². The first-order valence-electron chi connectivity index (χ1n) is 5.97. The highest BCUT2D eigenvalue weighted by atomic mass is 19.1. The Labute approximate surface area is 111 Å². The zero-order chi connectivity index (χ0) is 14.3. The maximum absolute atomic E-state index is 13.6. The molecule has 0 spiro atoms. The van der Waals surface area contributed by atoms with Crippen molar-refractivity contribution in [3.8, 4) is 0 Å². The van der Waals surface area contributed by atoms with Crippen molar-refractivity contribution in [3.63, 3.8) is 0 Å². The third kappa shape index (κ3) is 4.91. The zero-order valence-corrected chi connectivity index (χ0v) is 11.0. The predicted octanol–water partition coefficient (Wildman–Crippen LogP) is 2.52. The van der Waals surface area contributed by atoms with Gasteiger partial charge in [0.15, 0.2) is 0 Å². The molecule has 5 heteroatoms. The van der Waals surface area contributed by atoms with Crippen LogP contribution in [0.15, 0.2) is 47.1 Å². The number of hydrogen-bond donors (Lipinski definition) is 1. The van der Waals surface area contributed by atoms with Crippen LogP contribution < -0.4 is 5.73 Å². The van der Waals surface area contributed by atoms with E-state index in [9.17, 15) is 9.18 Å². The Kier molecular flexibility index (Phi) is 5.73. The lowest BCUT2D eigenvalue weighted by atomic mass is 10.1. The van der Waals surface area contributed by atoms with Crippen LogP contribution in [-0.4, -0.2) is 18.5 Å². The standard InChI is InChI=1S/C14H17FN2O2/c1-3-19-14(18)12(16)9-13(15)17-10(2)11-7-5-4-6-8-11/h4-10H,3,16H2,1-2H3/t10-/m1/s1. The van der Waals surface area contributed by atoms with E-state index in [-0.39, 0.29) is 18.3 Å². The number of carbonyl (C=O) groups excluding carboxylic acids is 1. The first-order valence-corrected chi connectivity index (χ1v) is 5.97. The van der Waals surface area contributed by atoms with Gasteiger partial charge in [-0.1, -0.05) is 30.3 Å². The molecule has 1 atom stereocenters. The van der Waals surface area contributed by atoms with Gasteiger partial charge in [0, 0.05) is 6.08 Å². The molecule has 0 aromatic heterocycles. The summed E-state index contributed by atoms with van der Waals surface area (Å²) in [5.74, 6) is -1.55. The Bertz CT molecular complexity index is 483. The normalized spacial score (nSPS) is 14.1. The number of aliphatic imine (C=N–C) groups is 1. The molecule has 0 unspecified atom stereocenters. The Balaban J connectivity index is 2.77. The lowest BCUT2D eigenvalue weighted by molar-refractivity contribution is -0.138. The van der Waals surface area contributed by atoms with E-state index in [2.05, 4.69) is 9.73 Å². The smallest absolute Gasteiger partial charge is 0.354 e. The number of nitrogens with zero attached hydrogens (tertiary/aromatic N) is 1. The molecule has 19 heavy (non-hydrogen) atoms. The summed E-state index contributed by atoms with van der Waals surface area (Å²) in [6.45, 7) is 3.59. The molecular weight excluding hydrogens is 247 g/mol. The van der Waals surface area contributed by atoms with Crippen LogP contribution in [0.1, 0.15) is 25.5 Å². The van der Waals surface area contributed by atoms with Crippen LogP contribution in [0.4, 0.5) is 4.39 Å². The Morgan fingerprint density at radius 1 is 1.47 bits per heavy atom. The number of benzene rings is 1. The summed E-state index contributed by atoms with van der Waals surface area (Å²) < 4.78 is 18.2. The van der Waals surface area contributed by atoms with Crippen molar-refractivity contribution in [1.82, 2.24) is 0 Å². The number of esters is 1. The molecule has 0 heterocycles. The summed E-state index contributed by atoms with van der Waals surface area (Å²) in [5, 5.41) is 0. The van der Waals surface area contributed by atoms with E-state index in [0.717, 1.165) is 11.6 Å². The van der Waals surface area contributed by atoms with E-state index >= 15 is 0 Å². The van der Waals surface area contributed by atoms with Gasteiger partial charge < -0.3 is 10.5 Å². The molecule has 1 aromatic rings. The Morgan fingerprint density at radius 3 is 2.68 bits per heavy atom. The van der Waals surface area contributed by atoms with Crippen molar-refractivity contribution in [2.45, 2.75) is 19.9 Å². The quantitative estimate of drug-likeness (QED) is 0.505. The van der Waals surface area contributed by atoms with Crippen LogP contribution in [0.2, 0.25) is 0 Å². The summed E-state index contributed by atoms with van der Waals surface area (Å²) in [4.78, 5) is 15.0. The van der Waals surface area contributed by atoms with Crippen LogP contribution in [0.3, 0.4) is 0 Å². The third-order valence-electron chi connectivity index (χ3n) is 2.38. The fourth-order valence-corrected chi connectivity index (χ4v) is 1.43. The van der Waals surface area contributed by atoms with E-state index in [1.165, 1.54) is 0 Å². The summed E-state index contributed by atoms with van der Waals surface area (Å²) in [6, 6.07) is 8.91. The first kappa shape index (κ1) is 14.9.